The molecule has 0 amide bonds. The van der Waals surface area contributed by atoms with Crippen LogP contribution >= 0.6 is 0 Å². The predicted molar refractivity (Wildman–Crippen MR) is 69.2 cm³/mol. The first-order valence-electron chi connectivity index (χ1n) is 5.59. The Morgan fingerprint density at radius 3 is 2.71 bits per heavy atom. The van der Waals surface area contributed by atoms with E-state index in [2.05, 4.69) is 0 Å². The minimum atomic E-state index is -0.337. The maximum atomic E-state index is 11.1. The van der Waals surface area contributed by atoms with Gasteiger partial charge in [0, 0.05) is 6.08 Å². The second-order valence-electron chi connectivity index (χ2n) is 3.44. The molecule has 2 N–H and O–H groups in total. The van der Waals surface area contributed by atoms with Crippen molar-refractivity contribution < 1.29 is 9.53 Å². The highest BCUT2D eigenvalue weighted by Gasteiger charge is 1.93. The van der Waals surface area contributed by atoms with Gasteiger partial charge in [-0.1, -0.05) is 48.6 Å². The third-order valence-corrected chi connectivity index (χ3v) is 2.02. The summed E-state index contributed by atoms with van der Waals surface area (Å²) in [6.07, 6.45) is 7.48. The summed E-state index contributed by atoms with van der Waals surface area (Å²) >= 11 is 0. The summed E-state index contributed by atoms with van der Waals surface area (Å²) in [4.78, 5) is 11.1. The van der Waals surface area contributed by atoms with E-state index in [1.807, 2.05) is 36.4 Å². The van der Waals surface area contributed by atoms with Crippen molar-refractivity contribution in [3.63, 3.8) is 0 Å². The molecule has 0 bridgehead atoms. The molecule has 0 fully saturated rings. The summed E-state index contributed by atoms with van der Waals surface area (Å²) in [7, 11) is 0. The smallest absolute Gasteiger partial charge is 0.330 e. The molecule has 0 aliphatic heterocycles. The standard InChI is InChI=1S/C14H17NO2/c15-11-6-12-17-14(16)10-5-4-9-13-7-2-1-3-8-13/h1-5,7-10H,6,11-12,15H2/b9-4+,10-5+. The Balaban J connectivity index is 2.30. The molecule has 90 valence electrons. The van der Waals surface area contributed by atoms with Crippen LogP contribution in [0.25, 0.3) is 6.08 Å². The average molecular weight is 231 g/mol. The third kappa shape index (κ3) is 6.33. The molecule has 17 heavy (non-hydrogen) atoms. The van der Waals surface area contributed by atoms with Gasteiger partial charge in [-0.05, 0) is 18.5 Å². The SMILES string of the molecule is NCCCOC(=O)/C=C/C=C/c1ccccc1. The maximum absolute atomic E-state index is 11.1. The minimum Gasteiger partial charge on any atom is -0.462 e. The molecule has 1 aromatic rings. The highest BCUT2D eigenvalue weighted by atomic mass is 16.5. The van der Waals surface area contributed by atoms with Crippen LogP contribution in [0, 0.1) is 0 Å². The van der Waals surface area contributed by atoms with Gasteiger partial charge in [0.2, 0.25) is 0 Å². The van der Waals surface area contributed by atoms with Crippen molar-refractivity contribution >= 4 is 12.0 Å². The monoisotopic (exact) mass is 231 g/mol. The molecule has 0 unspecified atom stereocenters. The molecule has 0 aromatic heterocycles. The van der Waals surface area contributed by atoms with Crippen LogP contribution in [0.1, 0.15) is 12.0 Å². The van der Waals surface area contributed by atoms with E-state index in [9.17, 15) is 4.79 Å². The van der Waals surface area contributed by atoms with Gasteiger partial charge in [-0.25, -0.2) is 4.79 Å². The highest BCUT2D eigenvalue weighted by molar-refractivity contribution is 5.82. The fraction of sp³-hybridized carbons (Fsp3) is 0.214. The highest BCUT2D eigenvalue weighted by Crippen LogP contribution is 2.00. The third-order valence-electron chi connectivity index (χ3n) is 2.02. The molecule has 1 aromatic carbocycles. The van der Waals surface area contributed by atoms with Crippen LogP contribution in [0.15, 0.2) is 48.6 Å². The lowest BCUT2D eigenvalue weighted by molar-refractivity contribution is -0.137. The summed E-state index contributed by atoms with van der Waals surface area (Å²) in [5.41, 5.74) is 6.37. The lowest BCUT2D eigenvalue weighted by Gasteiger charge is -1.98. The Labute approximate surface area is 102 Å². The van der Waals surface area contributed by atoms with Crippen molar-refractivity contribution in [2.24, 2.45) is 5.73 Å². The van der Waals surface area contributed by atoms with Gasteiger partial charge in [0.15, 0.2) is 0 Å². The molecule has 0 heterocycles. The van der Waals surface area contributed by atoms with Gasteiger partial charge in [0.05, 0.1) is 6.61 Å². The largest absolute Gasteiger partial charge is 0.462 e. The first kappa shape index (κ1) is 13.2. The summed E-state index contributed by atoms with van der Waals surface area (Å²) in [5.74, 6) is -0.337. The molecule has 0 saturated carbocycles. The maximum Gasteiger partial charge on any atom is 0.330 e. The summed E-state index contributed by atoms with van der Waals surface area (Å²) < 4.78 is 4.90. The lowest BCUT2D eigenvalue weighted by atomic mass is 10.2. The number of allylic oxidation sites excluding steroid dienone is 2. The second-order valence-corrected chi connectivity index (χ2v) is 3.44. The first-order valence-corrected chi connectivity index (χ1v) is 5.59. The fourth-order valence-electron chi connectivity index (χ4n) is 1.17. The Morgan fingerprint density at radius 1 is 1.24 bits per heavy atom. The Morgan fingerprint density at radius 2 is 2.00 bits per heavy atom. The molecule has 0 atom stereocenters. The van der Waals surface area contributed by atoms with E-state index in [1.165, 1.54) is 6.08 Å². The molecule has 3 nitrogen and oxygen atoms in total. The van der Waals surface area contributed by atoms with Crippen molar-refractivity contribution in [2.45, 2.75) is 6.42 Å². The number of benzene rings is 1. The number of hydrogen-bond acceptors (Lipinski definition) is 3. The average Bonchev–Trinajstić information content (AvgIpc) is 2.36. The number of carbonyl (C=O) groups excluding carboxylic acids is 1. The van der Waals surface area contributed by atoms with Crippen LogP contribution in [0.5, 0.6) is 0 Å². The van der Waals surface area contributed by atoms with E-state index in [4.69, 9.17) is 10.5 Å². The van der Waals surface area contributed by atoms with Gasteiger partial charge in [-0.2, -0.15) is 0 Å². The molecule has 0 saturated heterocycles. The Hall–Kier alpha value is -1.87. The molecule has 0 aliphatic carbocycles. The van der Waals surface area contributed by atoms with Gasteiger partial charge in [0.1, 0.15) is 0 Å². The van der Waals surface area contributed by atoms with Crippen molar-refractivity contribution in [3.05, 3.63) is 54.1 Å². The quantitative estimate of drug-likeness (QED) is 0.353. The van der Waals surface area contributed by atoms with Crippen molar-refractivity contribution in [1.82, 2.24) is 0 Å². The first-order chi connectivity index (χ1) is 8.33. The number of carbonyl (C=O) groups is 1. The number of rotatable bonds is 6. The van der Waals surface area contributed by atoms with Crippen molar-refractivity contribution in [3.8, 4) is 0 Å². The number of esters is 1. The second kappa shape index (κ2) is 8.30. The van der Waals surface area contributed by atoms with Crippen LogP contribution in [0.2, 0.25) is 0 Å². The molecule has 0 radical (unpaired) electrons. The van der Waals surface area contributed by atoms with E-state index in [0.29, 0.717) is 19.6 Å². The van der Waals surface area contributed by atoms with Crippen molar-refractivity contribution in [1.29, 1.82) is 0 Å². The zero-order valence-electron chi connectivity index (χ0n) is 9.71. The molecule has 0 spiro atoms. The zero-order chi connectivity index (χ0) is 12.3. The Bertz CT molecular complexity index is 382. The number of nitrogens with two attached hydrogens (primary N) is 1. The van der Waals surface area contributed by atoms with Gasteiger partial charge < -0.3 is 10.5 Å². The molecular formula is C14H17NO2. The van der Waals surface area contributed by atoms with Gasteiger partial charge in [0.25, 0.3) is 0 Å². The van der Waals surface area contributed by atoms with E-state index < -0.39 is 0 Å². The molecule has 3 heteroatoms. The number of ether oxygens (including phenoxy) is 1. The normalized spacial score (nSPS) is 11.1. The van der Waals surface area contributed by atoms with Gasteiger partial charge >= 0.3 is 5.97 Å². The van der Waals surface area contributed by atoms with Gasteiger partial charge in [-0.15, -0.1) is 0 Å². The van der Waals surface area contributed by atoms with Crippen LogP contribution in [0.3, 0.4) is 0 Å². The molecule has 0 aliphatic rings. The van der Waals surface area contributed by atoms with E-state index >= 15 is 0 Å². The minimum absolute atomic E-state index is 0.337. The van der Waals surface area contributed by atoms with Gasteiger partial charge in [-0.3, -0.25) is 0 Å². The fourth-order valence-corrected chi connectivity index (χ4v) is 1.17. The van der Waals surface area contributed by atoms with Crippen LogP contribution in [-0.2, 0) is 9.53 Å². The topological polar surface area (TPSA) is 52.3 Å². The summed E-state index contributed by atoms with van der Waals surface area (Å²) in [6, 6.07) is 9.87. The van der Waals surface area contributed by atoms with E-state index in [1.54, 1.807) is 12.2 Å². The predicted octanol–water partition coefficient (Wildman–Crippen LogP) is 2.15. The molecule has 1 rings (SSSR count). The van der Waals surface area contributed by atoms with E-state index in [-0.39, 0.29) is 5.97 Å². The zero-order valence-corrected chi connectivity index (χ0v) is 9.71. The van der Waals surface area contributed by atoms with Crippen LogP contribution in [0.4, 0.5) is 0 Å². The van der Waals surface area contributed by atoms with Crippen LogP contribution < -0.4 is 5.73 Å². The van der Waals surface area contributed by atoms with E-state index in [0.717, 1.165) is 5.56 Å². The lowest BCUT2D eigenvalue weighted by Crippen LogP contribution is -2.07. The van der Waals surface area contributed by atoms with Crippen LogP contribution in [-0.4, -0.2) is 19.1 Å². The van der Waals surface area contributed by atoms with Crippen molar-refractivity contribution in [2.75, 3.05) is 13.2 Å². The summed E-state index contributed by atoms with van der Waals surface area (Å²) in [5, 5.41) is 0. The molecular weight excluding hydrogens is 214 g/mol. The Kier molecular flexibility index (Phi) is 6.44. The summed E-state index contributed by atoms with van der Waals surface area (Å²) in [6.45, 7) is 0.910. The number of hydrogen-bond donors (Lipinski definition) is 1.